The second-order valence-corrected chi connectivity index (χ2v) is 3.84. The van der Waals surface area contributed by atoms with Gasteiger partial charge in [0.2, 0.25) is 5.82 Å². The summed E-state index contributed by atoms with van der Waals surface area (Å²) in [5.74, 6) is -0.856. The van der Waals surface area contributed by atoms with Crippen LogP contribution in [0.15, 0.2) is 18.2 Å². The smallest absolute Gasteiger partial charge is 0.327 e. The van der Waals surface area contributed by atoms with Gasteiger partial charge in [-0.05, 0) is 12.1 Å². The number of nitrogens with one attached hydrogen (secondary N) is 1. The average molecular weight is 256 g/mol. The Hall–Kier alpha value is -1.73. The zero-order chi connectivity index (χ0) is 13.0. The molecule has 7 heteroatoms. The first kappa shape index (κ1) is 12.7. The fourth-order valence-corrected chi connectivity index (χ4v) is 1.72. The van der Waals surface area contributed by atoms with E-state index < -0.39 is 16.4 Å². The van der Waals surface area contributed by atoms with Crippen LogP contribution >= 0.6 is 0 Å². The molecule has 98 valence electrons. The lowest BCUT2D eigenvalue weighted by Crippen LogP contribution is -2.34. The zero-order valence-corrected chi connectivity index (χ0v) is 9.60. The summed E-state index contributed by atoms with van der Waals surface area (Å²) in [6, 6.07) is 3.94. The van der Waals surface area contributed by atoms with Crippen LogP contribution in [0.5, 0.6) is 0 Å². The quantitative estimate of drug-likeness (QED) is 0.653. The van der Waals surface area contributed by atoms with Gasteiger partial charge in [-0.15, -0.1) is 0 Å². The van der Waals surface area contributed by atoms with Crippen LogP contribution in [-0.2, 0) is 9.47 Å². The molecule has 1 unspecified atom stereocenters. The van der Waals surface area contributed by atoms with Crippen LogP contribution in [0.4, 0.5) is 15.8 Å². The number of rotatable bonds is 4. The molecule has 1 atom stereocenters. The van der Waals surface area contributed by atoms with Gasteiger partial charge < -0.3 is 14.8 Å². The van der Waals surface area contributed by atoms with Crippen LogP contribution in [0.1, 0.15) is 0 Å². The molecule has 0 bridgehead atoms. The Bertz CT molecular complexity index is 435. The molecule has 0 spiro atoms. The molecule has 1 N–H and O–H groups in total. The van der Waals surface area contributed by atoms with E-state index in [-0.39, 0.29) is 11.8 Å². The summed E-state index contributed by atoms with van der Waals surface area (Å²) in [6.07, 6.45) is -0.179. The number of nitro groups is 1. The minimum atomic E-state index is -0.856. The highest BCUT2D eigenvalue weighted by molar-refractivity contribution is 5.61. The summed E-state index contributed by atoms with van der Waals surface area (Å²) in [7, 11) is 0. The molecule has 6 nitrogen and oxygen atoms in total. The number of nitrogens with zero attached hydrogens (tertiary/aromatic N) is 1. The Morgan fingerprint density at radius 3 is 3.00 bits per heavy atom. The summed E-state index contributed by atoms with van der Waals surface area (Å²) in [4.78, 5) is 10.0. The van der Waals surface area contributed by atoms with Gasteiger partial charge in [0.25, 0.3) is 0 Å². The highest BCUT2D eigenvalue weighted by Crippen LogP contribution is 2.27. The summed E-state index contributed by atoms with van der Waals surface area (Å²) in [5.41, 5.74) is -0.400. The van der Waals surface area contributed by atoms with E-state index in [1.54, 1.807) is 0 Å². The number of para-hydroxylation sites is 1. The SMILES string of the molecule is O=[N+]([O-])c1c(F)cccc1NCC1COCCO1. The maximum absolute atomic E-state index is 13.3. The second-order valence-electron chi connectivity index (χ2n) is 3.84. The maximum atomic E-state index is 13.3. The largest absolute Gasteiger partial charge is 0.377 e. The van der Waals surface area contributed by atoms with E-state index in [4.69, 9.17) is 9.47 Å². The summed E-state index contributed by atoms with van der Waals surface area (Å²) >= 11 is 0. The minimum Gasteiger partial charge on any atom is -0.377 e. The molecule has 1 aliphatic heterocycles. The lowest BCUT2D eigenvalue weighted by atomic mass is 10.2. The van der Waals surface area contributed by atoms with Gasteiger partial charge in [-0.3, -0.25) is 10.1 Å². The van der Waals surface area contributed by atoms with Crippen molar-refractivity contribution in [3.8, 4) is 0 Å². The van der Waals surface area contributed by atoms with Crippen molar-refractivity contribution >= 4 is 11.4 Å². The molecule has 0 radical (unpaired) electrons. The van der Waals surface area contributed by atoms with E-state index in [2.05, 4.69) is 5.32 Å². The first-order chi connectivity index (χ1) is 8.68. The summed E-state index contributed by atoms with van der Waals surface area (Å²) in [5, 5.41) is 13.6. The van der Waals surface area contributed by atoms with Crippen LogP contribution in [0.2, 0.25) is 0 Å². The molecule has 2 rings (SSSR count). The fraction of sp³-hybridized carbons (Fsp3) is 0.455. The summed E-state index contributed by atoms with van der Waals surface area (Å²) in [6.45, 7) is 1.81. The Balaban J connectivity index is 2.04. The highest BCUT2D eigenvalue weighted by Gasteiger charge is 2.21. The number of benzene rings is 1. The van der Waals surface area contributed by atoms with E-state index in [1.165, 1.54) is 12.1 Å². The Labute approximate surface area is 103 Å². The third-order valence-corrected chi connectivity index (χ3v) is 2.57. The van der Waals surface area contributed by atoms with Gasteiger partial charge in [-0.2, -0.15) is 4.39 Å². The lowest BCUT2D eigenvalue weighted by molar-refractivity contribution is -0.386. The van der Waals surface area contributed by atoms with Crippen molar-refractivity contribution in [2.45, 2.75) is 6.10 Å². The Morgan fingerprint density at radius 1 is 1.50 bits per heavy atom. The molecule has 1 aromatic carbocycles. The predicted octanol–water partition coefficient (Wildman–Crippen LogP) is 1.56. The van der Waals surface area contributed by atoms with Crippen LogP contribution in [0, 0.1) is 15.9 Å². The first-order valence-corrected chi connectivity index (χ1v) is 5.54. The molecule has 0 amide bonds. The van der Waals surface area contributed by atoms with E-state index in [0.29, 0.717) is 26.4 Å². The van der Waals surface area contributed by atoms with Gasteiger partial charge in [-0.1, -0.05) is 6.07 Å². The second kappa shape index (κ2) is 5.74. The van der Waals surface area contributed by atoms with Gasteiger partial charge in [-0.25, -0.2) is 0 Å². The average Bonchev–Trinajstić information content (AvgIpc) is 2.37. The fourth-order valence-electron chi connectivity index (χ4n) is 1.72. The molecular weight excluding hydrogens is 243 g/mol. The third kappa shape index (κ3) is 2.93. The molecule has 1 heterocycles. The van der Waals surface area contributed by atoms with Crippen LogP contribution in [0.25, 0.3) is 0 Å². The maximum Gasteiger partial charge on any atom is 0.327 e. The van der Waals surface area contributed by atoms with Crippen molar-refractivity contribution in [2.75, 3.05) is 31.7 Å². The normalized spacial score (nSPS) is 19.5. The van der Waals surface area contributed by atoms with E-state index in [0.717, 1.165) is 6.07 Å². The zero-order valence-electron chi connectivity index (χ0n) is 9.60. The summed E-state index contributed by atoms with van der Waals surface area (Å²) < 4.78 is 23.9. The molecule has 1 aromatic rings. The van der Waals surface area contributed by atoms with Crippen molar-refractivity contribution < 1.29 is 18.8 Å². The van der Waals surface area contributed by atoms with Gasteiger partial charge in [0.1, 0.15) is 5.69 Å². The molecule has 1 fully saturated rings. The molecule has 1 saturated heterocycles. The topological polar surface area (TPSA) is 73.6 Å². The van der Waals surface area contributed by atoms with Gasteiger partial charge in [0.15, 0.2) is 0 Å². The minimum absolute atomic E-state index is 0.147. The molecular formula is C11H13FN2O4. The first-order valence-electron chi connectivity index (χ1n) is 5.54. The number of hydrogen-bond acceptors (Lipinski definition) is 5. The molecule has 18 heavy (non-hydrogen) atoms. The van der Waals surface area contributed by atoms with Crippen LogP contribution < -0.4 is 5.32 Å². The van der Waals surface area contributed by atoms with E-state index in [1.807, 2.05) is 0 Å². The Kier molecular flexibility index (Phi) is 4.06. The molecule has 0 aliphatic carbocycles. The van der Waals surface area contributed by atoms with Crippen molar-refractivity contribution in [1.29, 1.82) is 0 Å². The number of halogens is 1. The van der Waals surface area contributed by atoms with Crippen LogP contribution in [0.3, 0.4) is 0 Å². The van der Waals surface area contributed by atoms with Crippen molar-refractivity contribution in [1.82, 2.24) is 0 Å². The third-order valence-electron chi connectivity index (χ3n) is 2.57. The van der Waals surface area contributed by atoms with Crippen molar-refractivity contribution in [2.24, 2.45) is 0 Å². The monoisotopic (exact) mass is 256 g/mol. The standard InChI is InChI=1S/C11H13FN2O4/c12-9-2-1-3-10(11(9)14(15)16)13-6-8-7-17-4-5-18-8/h1-3,8,13H,4-7H2. The van der Waals surface area contributed by atoms with Gasteiger partial charge in [0, 0.05) is 6.54 Å². The molecule has 0 saturated carbocycles. The van der Waals surface area contributed by atoms with Gasteiger partial charge >= 0.3 is 5.69 Å². The lowest BCUT2D eigenvalue weighted by Gasteiger charge is -2.23. The highest BCUT2D eigenvalue weighted by atomic mass is 19.1. The van der Waals surface area contributed by atoms with E-state index in [9.17, 15) is 14.5 Å². The molecule has 1 aliphatic rings. The number of ether oxygens (including phenoxy) is 2. The van der Waals surface area contributed by atoms with E-state index >= 15 is 0 Å². The predicted molar refractivity (Wildman–Crippen MR) is 62.1 cm³/mol. The van der Waals surface area contributed by atoms with Crippen molar-refractivity contribution in [3.05, 3.63) is 34.1 Å². The molecule has 0 aromatic heterocycles. The van der Waals surface area contributed by atoms with Crippen LogP contribution in [-0.4, -0.2) is 37.4 Å². The number of nitro benzene ring substituents is 1. The van der Waals surface area contributed by atoms with Gasteiger partial charge in [0.05, 0.1) is 30.8 Å². The number of hydrogen-bond donors (Lipinski definition) is 1. The Morgan fingerprint density at radius 2 is 2.33 bits per heavy atom. The van der Waals surface area contributed by atoms with Crippen molar-refractivity contribution in [3.63, 3.8) is 0 Å². The number of anilines is 1.